The maximum Gasteiger partial charge on any atom is 0.205 e. The molecule has 0 atom stereocenters. The van der Waals surface area contributed by atoms with Crippen molar-refractivity contribution in [1.29, 1.82) is 5.26 Å². The number of imidazole rings is 1. The van der Waals surface area contributed by atoms with E-state index < -0.39 is 0 Å². The number of halogens is 1. The SMILES string of the molecule is COc1cc(-n2c(N)nc3ccc(C#N)cc32)ccc1Br. The number of benzene rings is 2. The molecule has 1 aromatic heterocycles. The van der Waals surface area contributed by atoms with Crippen LogP contribution < -0.4 is 10.5 Å². The topological polar surface area (TPSA) is 76.9 Å². The lowest BCUT2D eigenvalue weighted by atomic mass is 10.2. The third kappa shape index (κ3) is 2.22. The van der Waals surface area contributed by atoms with Gasteiger partial charge >= 0.3 is 0 Å². The van der Waals surface area contributed by atoms with Crippen molar-refractivity contribution in [2.24, 2.45) is 0 Å². The molecular weight excluding hydrogens is 332 g/mol. The molecule has 3 aromatic rings. The van der Waals surface area contributed by atoms with Gasteiger partial charge in [0, 0.05) is 6.07 Å². The van der Waals surface area contributed by atoms with Crippen molar-refractivity contribution in [3.8, 4) is 17.5 Å². The van der Waals surface area contributed by atoms with E-state index >= 15 is 0 Å². The Bertz CT molecular complexity index is 879. The summed E-state index contributed by atoms with van der Waals surface area (Å²) in [5.74, 6) is 1.06. The summed E-state index contributed by atoms with van der Waals surface area (Å²) in [5.41, 5.74) is 8.94. The van der Waals surface area contributed by atoms with E-state index in [1.807, 2.05) is 18.2 Å². The van der Waals surface area contributed by atoms with Crippen molar-refractivity contribution in [1.82, 2.24) is 9.55 Å². The van der Waals surface area contributed by atoms with Crippen LogP contribution in [-0.2, 0) is 0 Å². The first kappa shape index (κ1) is 13.5. The normalized spacial score (nSPS) is 10.5. The van der Waals surface area contributed by atoms with Gasteiger partial charge in [-0.3, -0.25) is 4.57 Å². The highest BCUT2D eigenvalue weighted by atomic mass is 79.9. The van der Waals surface area contributed by atoms with Gasteiger partial charge in [-0.25, -0.2) is 4.98 Å². The van der Waals surface area contributed by atoms with Crippen LogP contribution in [0.5, 0.6) is 5.75 Å². The van der Waals surface area contributed by atoms with Gasteiger partial charge in [-0.15, -0.1) is 0 Å². The van der Waals surface area contributed by atoms with Crippen LogP contribution in [0, 0.1) is 11.3 Å². The minimum atomic E-state index is 0.365. The first-order valence-electron chi connectivity index (χ1n) is 6.16. The molecule has 0 radical (unpaired) electrons. The predicted molar refractivity (Wildman–Crippen MR) is 84.4 cm³/mol. The maximum atomic E-state index is 9.05. The van der Waals surface area contributed by atoms with Gasteiger partial charge < -0.3 is 10.5 Å². The number of rotatable bonds is 2. The molecule has 0 aliphatic heterocycles. The smallest absolute Gasteiger partial charge is 0.205 e. The standard InChI is InChI=1S/C15H11BrN4O/c1-21-14-7-10(3-4-11(14)16)20-13-6-9(8-17)2-5-12(13)19-15(20)18/h2-7H,1H3,(H2,18,19). The van der Waals surface area contributed by atoms with E-state index in [1.54, 1.807) is 29.9 Å². The van der Waals surface area contributed by atoms with Crippen LogP contribution >= 0.6 is 15.9 Å². The van der Waals surface area contributed by atoms with Crippen LogP contribution in [0.3, 0.4) is 0 Å². The van der Waals surface area contributed by atoms with Crippen LogP contribution in [0.15, 0.2) is 40.9 Å². The minimum Gasteiger partial charge on any atom is -0.495 e. The summed E-state index contributed by atoms with van der Waals surface area (Å²) in [7, 11) is 1.60. The fraction of sp³-hybridized carbons (Fsp3) is 0.0667. The van der Waals surface area contributed by atoms with Crippen LogP contribution in [0.1, 0.15) is 5.56 Å². The first-order valence-corrected chi connectivity index (χ1v) is 6.95. The average molecular weight is 343 g/mol. The fourth-order valence-corrected chi connectivity index (χ4v) is 2.63. The molecule has 1 heterocycles. The Labute approximate surface area is 129 Å². The number of anilines is 1. The molecule has 0 spiro atoms. The van der Waals surface area contributed by atoms with E-state index in [-0.39, 0.29) is 0 Å². The van der Waals surface area contributed by atoms with Crippen LogP contribution in [-0.4, -0.2) is 16.7 Å². The van der Waals surface area contributed by atoms with Gasteiger partial charge in [-0.05, 0) is 46.3 Å². The zero-order valence-corrected chi connectivity index (χ0v) is 12.8. The van der Waals surface area contributed by atoms with Gasteiger partial charge in [0.05, 0.1) is 39.9 Å². The van der Waals surface area contributed by atoms with Gasteiger partial charge in [0.25, 0.3) is 0 Å². The summed E-state index contributed by atoms with van der Waals surface area (Å²) >= 11 is 3.42. The molecule has 6 heteroatoms. The zero-order chi connectivity index (χ0) is 15.0. The molecule has 2 aromatic carbocycles. The highest BCUT2D eigenvalue weighted by Crippen LogP contribution is 2.30. The highest BCUT2D eigenvalue weighted by Gasteiger charge is 2.12. The van der Waals surface area contributed by atoms with Gasteiger partial charge in [0.15, 0.2) is 0 Å². The molecule has 21 heavy (non-hydrogen) atoms. The highest BCUT2D eigenvalue weighted by molar-refractivity contribution is 9.10. The predicted octanol–water partition coefficient (Wildman–Crippen LogP) is 3.25. The number of nitrogens with zero attached hydrogens (tertiary/aromatic N) is 3. The molecule has 0 bridgehead atoms. The van der Waals surface area contributed by atoms with Gasteiger partial charge in [0.2, 0.25) is 5.95 Å². The number of hydrogen-bond acceptors (Lipinski definition) is 4. The van der Waals surface area contributed by atoms with Crippen molar-refractivity contribution >= 4 is 32.9 Å². The van der Waals surface area contributed by atoms with Crippen molar-refractivity contribution in [2.75, 3.05) is 12.8 Å². The Kier molecular flexibility index (Phi) is 3.28. The molecule has 0 unspecified atom stereocenters. The Morgan fingerprint density at radius 1 is 1.29 bits per heavy atom. The minimum absolute atomic E-state index is 0.365. The molecule has 0 saturated heterocycles. The molecule has 3 rings (SSSR count). The lowest BCUT2D eigenvalue weighted by Crippen LogP contribution is -2.01. The summed E-state index contributed by atoms with van der Waals surface area (Å²) in [4.78, 5) is 4.32. The first-order chi connectivity index (χ1) is 10.1. The van der Waals surface area contributed by atoms with E-state index in [0.29, 0.717) is 17.3 Å². The molecule has 0 aliphatic carbocycles. The summed E-state index contributed by atoms with van der Waals surface area (Å²) in [5, 5.41) is 9.05. The van der Waals surface area contributed by atoms with Crippen molar-refractivity contribution < 1.29 is 4.74 Å². The molecule has 5 nitrogen and oxygen atoms in total. The molecule has 2 N–H and O–H groups in total. The third-order valence-corrected chi connectivity index (χ3v) is 3.86. The maximum absolute atomic E-state index is 9.05. The summed E-state index contributed by atoms with van der Waals surface area (Å²) < 4.78 is 7.96. The Morgan fingerprint density at radius 2 is 2.10 bits per heavy atom. The van der Waals surface area contributed by atoms with E-state index in [4.69, 9.17) is 15.7 Å². The van der Waals surface area contributed by atoms with Gasteiger partial charge in [-0.2, -0.15) is 5.26 Å². The lowest BCUT2D eigenvalue weighted by Gasteiger charge is -2.10. The largest absolute Gasteiger partial charge is 0.495 e. The number of aromatic nitrogens is 2. The second kappa shape index (κ2) is 5.11. The second-order valence-electron chi connectivity index (χ2n) is 4.44. The van der Waals surface area contributed by atoms with Crippen molar-refractivity contribution in [3.63, 3.8) is 0 Å². The molecule has 104 valence electrons. The molecular formula is C15H11BrN4O. The summed E-state index contributed by atoms with van der Waals surface area (Å²) in [6, 6.07) is 13.1. The number of fused-ring (bicyclic) bond motifs is 1. The third-order valence-electron chi connectivity index (χ3n) is 3.20. The van der Waals surface area contributed by atoms with Crippen molar-refractivity contribution in [2.45, 2.75) is 0 Å². The molecule has 0 saturated carbocycles. The average Bonchev–Trinajstić information content (AvgIpc) is 2.82. The summed E-state index contributed by atoms with van der Waals surface area (Å²) in [6.07, 6.45) is 0. The number of nitrogen functional groups attached to an aromatic ring is 1. The number of ether oxygens (including phenoxy) is 1. The molecule has 0 amide bonds. The number of nitriles is 1. The van der Waals surface area contributed by atoms with E-state index in [1.165, 1.54) is 0 Å². The van der Waals surface area contributed by atoms with Crippen LogP contribution in [0.25, 0.3) is 16.7 Å². The Balaban J connectivity index is 2.29. The van der Waals surface area contributed by atoms with Gasteiger partial charge in [0.1, 0.15) is 5.75 Å². The molecule has 0 aliphatic rings. The Morgan fingerprint density at radius 3 is 2.81 bits per heavy atom. The zero-order valence-electron chi connectivity index (χ0n) is 11.2. The van der Waals surface area contributed by atoms with E-state index in [9.17, 15) is 0 Å². The number of hydrogen-bond donors (Lipinski definition) is 1. The van der Waals surface area contributed by atoms with Crippen LogP contribution in [0.4, 0.5) is 5.95 Å². The second-order valence-corrected chi connectivity index (χ2v) is 5.29. The molecule has 0 fully saturated rings. The lowest BCUT2D eigenvalue weighted by molar-refractivity contribution is 0.412. The number of methoxy groups -OCH3 is 1. The quantitative estimate of drug-likeness (QED) is 0.775. The van der Waals surface area contributed by atoms with Crippen molar-refractivity contribution in [3.05, 3.63) is 46.4 Å². The fourth-order valence-electron chi connectivity index (χ4n) is 2.22. The summed E-state index contributed by atoms with van der Waals surface area (Å²) in [6.45, 7) is 0. The Hall–Kier alpha value is -2.52. The monoisotopic (exact) mass is 342 g/mol. The van der Waals surface area contributed by atoms with Crippen LogP contribution in [0.2, 0.25) is 0 Å². The van der Waals surface area contributed by atoms with E-state index in [0.717, 1.165) is 21.2 Å². The van der Waals surface area contributed by atoms with E-state index in [2.05, 4.69) is 27.0 Å². The van der Waals surface area contributed by atoms with Gasteiger partial charge in [-0.1, -0.05) is 0 Å². The number of nitrogens with two attached hydrogens (primary N) is 1.